The number of carbonyl (C=O) groups excluding carboxylic acids is 4. The van der Waals surface area contributed by atoms with Gasteiger partial charge in [-0.15, -0.1) is 0 Å². The van der Waals surface area contributed by atoms with Crippen LogP contribution in [0.15, 0.2) is 54.7 Å². The molecule has 4 atom stereocenters. The first-order valence-corrected chi connectivity index (χ1v) is 21.9. The van der Waals surface area contributed by atoms with Gasteiger partial charge in [0.15, 0.2) is 6.10 Å². The van der Waals surface area contributed by atoms with E-state index >= 15 is 4.39 Å². The number of ether oxygens (including phenoxy) is 3. The fraction of sp³-hybridized carbons (Fsp3) is 0.556. The lowest BCUT2D eigenvalue weighted by molar-refractivity contribution is -0.254. The van der Waals surface area contributed by atoms with Crippen molar-refractivity contribution in [1.82, 2.24) is 29.8 Å². The van der Waals surface area contributed by atoms with Gasteiger partial charge in [-0.05, 0) is 61.1 Å². The molecule has 15 nitrogen and oxygen atoms in total. The number of carbonyl (C=O) groups is 4. The number of hydrogen-bond donors (Lipinski definition) is 2. The van der Waals surface area contributed by atoms with E-state index in [0.29, 0.717) is 0 Å². The lowest BCUT2D eigenvalue weighted by Gasteiger charge is -2.51. The summed E-state index contributed by atoms with van der Waals surface area (Å²) in [6, 6.07) is 13.1. The maximum absolute atomic E-state index is 16.6. The van der Waals surface area contributed by atoms with Gasteiger partial charge in [0, 0.05) is 76.9 Å². The summed E-state index contributed by atoms with van der Waals surface area (Å²) in [5.74, 6) is -2.79. The molecule has 5 fully saturated rings. The average Bonchev–Trinajstić information content (AvgIpc) is 4.21. The van der Waals surface area contributed by atoms with E-state index in [-0.39, 0.29) is 105 Å². The smallest absolute Gasteiger partial charge is 0.416 e. The molecule has 0 bridgehead atoms. The topological polar surface area (TPSA) is 171 Å². The summed E-state index contributed by atoms with van der Waals surface area (Å²) in [5, 5.41) is 19.0. The van der Waals surface area contributed by atoms with Gasteiger partial charge >= 0.3 is 12.3 Å². The molecule has 2 aliphatic carbocycles. The Hall–Kier alpha value is -5.74. The largest absolute Gasteiger partial charge is 0.487 e. The van der Waals surface area contributed by atoms with Gasteiger partial charge in [-0.1, -0.05) is 30.3 Å². The number of aryl methyl sites for hydroxylation is 1. The number of piperidine rings is 1. The van der Waals surface area contributed by atoms with E-state index in [9.17, 15) is 37.6 Å². The van der Waals surface area contributed by atoms with E-state index < -0.39 is 72.2 Å². The summed E-state index contributed by atoms with van der Waals surface area (Å²) in [6.07, 6.45) is -3.83. The molecule has 4 aliphatic heterocycles. The second kappa shape index (κ2) is 17.3. The van der Waals surface area contributed by atoms with Crippen LogP contribution < -0.4 is 15.4 Å². The molecular formula is C45H50F4N8O7. The lowest BCUT2D eigenvalue weighted by Crippen LogP contribution is -2.62. The Kier molecular flexibility index (Phi) is 11.8. The number of nitrogens with zero attached hydrogens (tertiary/aromatic N) is 6. The quantitative estimate of drug-likeness (QED) is 0.226. The van der Waals surface area contributed by atoms with Crippen molar-refractivity contribution in [3.05, 3.63) is 77.4 Å². The normalized spacial score (nSPS) is 24.0. The number of benzene rings is 2. The standard InChI is InChI=1S/C45H50F4N8O7/c1-54-33(11-14-51-54)40(58)53-39(38(28-7-8-28)29-9-10-29)41(59)52-32-18-35-30(17-31(32)46)34(57-24-37(45(47,48)49)63-36(42(57)60)23-55-21-27(20-50)22-55)19-44(64-35)12-15-56(16-13-44)43(61)62-25-26-5-3-2-4-6-26/h2-6,11,14,17-18,27-29,34,36-39H,7-10,12-13,15-16,19,21-25H2,1H3,(H,52,59)(H,53,58)/t34?,36?,37-,39-/m0/s1. The molecule has 9 rings (SSSR count). The van der Waals surface area contributed by atoms with E-state index in [1.54, 1.807) is 11.9 Å². The van der Waals surface area contributed by atoms with Crippen LogP contribution in [-0.4, -0.2) is 118 Å². The monoisotopic (exact) mass is 890 g/mol. The van der Waals surface area contributed by atoms with Crippen LogP contribution >= 0.6 is 0 Å². The number of anilines is 1. The summed E-state index contributed by atoms with van der Waals surface area (Å²) < 4.78 is 79.4. The molecule has 1 aromatic heterocycles. The van der Waals surface area contributed by atoms with E-state index in [0.717, 1.165) is 42.2 Å². The summed E-state index contributed by atoms with van der Waals surface area (Å²) in [4.78, 5) is 59.7. The third-order valence-corrected chi connectivity index (χ3v) is 13.6. The van der Waals surface area contributed by atoms with Gasteiger partial charge in [0.25, 0.3) is 11.8 Å². The molecule has 64 heavy (non-hydrogen) atoms. The first-order valence-electron chi connectivity index (χ1n) is 21.9. The van der Waals surface area contributed by atoms with Crippen LogP contribution in [0.5, 0.6) is 5.75 Å². The lowest BCUT2D eigenvalue weighted by atomic mass is 9.79. The Morgan fingerprint density at radius 3 is 2.36 bits per heavy atom. The molecule has 2 aromatic carbocycles. The molecule has 3 saturated heterocycles. The fourth-order valence-electron chi connectivity index (χ4n) is 9.86. The molecule has 6 aliphatic rings. The predicted molar refractivity (Wildman–Crippen MR) is 219 cm³/mol. The second-order valence-electron chi connectivity index (χ2n) is 18.1. The molecule has 3 aromatic rings. The number of likely N-dealkylation sites (tertiary alicyclic amines) is 2. The van der Waals surface area contributed by atoms with Crippen molar-refractivity contribution in [1.29, 1.82) is 5.26 Å². The van der Waals surface area contributed by atoms with Crippen molar-refractivity contribution in [2.24, 2.45) is 30.7 Å². The van der Waals surface area contributed by atoms with Crippen molar-refractivity contribution in [2.45, 2.75) is 87.6 Å². The average molecular weight is 891 g/mol. The maximum atomic E-state index is 16.6. The SMILES string of the molecule is Cn1nccc1C(=O)N[C@H](C(=O)Nc1cc2c(cc1F)C(N1C[C@@H](C(F)(F)F)OC(CN3CC(C#N)C3)C1=O)CC1(CCN(C(=O)OCc3ccccc3)CC1)O2)C(C1CC1)C1CC1. The van der Waals surface area contributed by atoms with Crippen molar-refractivity contribution < 1.29 is 51.0 Å². The van der Waals surface area contributed by atoms with E-state index in [1.807, 2.05) is 30.3 Å². The molecule has 2 unspecified atom stereocenters. The summed E-state index contributed by atoms with van der Waals surface area (Å²) in [6.45, 7) is -0.100. The number of hydrogen-bond acceptors (Lipinski definition) is 10. The minimum absolute atomic E-state index is 0.0200. The fourth-order valence-corrected chi connectivity index (χ4v) is 9.86. The zero-order chi connectivity index (χ0) is 44.9. The zero-order valence-electron chi connectivity index (χ0n) is 35.3. The van der Waals surface area contributed by atoms with Gasteiger partial charge in [0.05, 0.1) is 30.3 Å². The Morgan fingerprint density at radius 1 is 1.03 bits per heavy atom. The zero-order valence-corrected chi connectivity index (χ0v) is 35.3. The number of fused-ring (bicyclic) bond motifs is 1. The van der Waals surface area contributed by atoms with Crippen LogP contribution in [0.4, 0.5) is 28.0 Å². The Morgan fingerprint density at radius 2 is 1.73 bits per heavy atom. The Bertz CT molecular complexity index is 2290. The third-order valence-electron chi connectivity index (χ3n) is 13.6. The molecule has 340 valence electrons. The maximum Gasteiger partial charge on any atom is 0.416 e. The molecule has 2 N–H and O–H groups in total. The third kappa shape index (κ3) is 9.12. The summed E-state index contributed by atoms with van der Waals surface area (Å²) in [5.41, 5.74) is -0.237. The highest BCUT2D eigenvalue weighted by Gasteiger charge is 2.55. The number of morpholine rings is 1. The molecule has 2 saturated carbocycles. The molecule has 4 amide bonds. The number of alkyl halides is 3. The highest BCUT2D eigenvalue weighted by atomic mass is 19.4. The second-order valence-corrected chi connectivity index (χ2v) is 18.1. The van der Waals surface area contributed by atoms with Crippen LogP contribution in [0.2, 0.25) is 0 Å². The van der Waals surface area contributed by atoms with Gasteiger partial charge in [-0.3, -0.25) is 24.0 Å². The van der Waals surface area contributed by atoms with Crippen molar-refractivity contribution in [3.8, 4) is 11.8 Å². The minimum atomic E-state index is -4.85. The number of nitriles is 1. The number of rotatable bonds is 12. The highest BCUT2D eigenvalue weighted by molar-refractivity contribution is 6.01. The highest BCUT2D eigenvalue weighted by Crippen LogP contribution is 2.52. The van der Waals surface area contributed by atoms with Gasteiger partial charge in [0.2, 0.25) is 5.91 Å². The summed E-state index contributed by atoms with van der Waals surface area (Å²) in [7, 11) is 1.61. The summed E-state index contributed by atoms with van der Waals surface area (Å²) >= 11 is 0. The van der Waals surface area contributed by atoms with Gasteiger partial charge in [-0.25, -0.2) is 9.18 Å². The Balaban J connectivity index is 1.01. The minimum Gasteiger partial charge on any atom is -0.487 e. The van der Waals surface area contributed by atoms with E-state index in [1.165, 1.54) is 27.9 Å². The van der Waals surface area contributed by atoms with Crippen molar-refractivity contribution in [3.63, 3.8) is 0 Å². The number of halogens is 4. The van der Waals surface area contributed by atoms with E-state index in [2.05, 4.69) is 21.8 Å². The Labute approximate surface area is 366 Å². The van der Waals surface area contributed by atoms with Crippen LogP contribution in [0.25, 0.3) is 0 Å². The number of nitrogens with one attached hydrogen (secondary N) is 2. The molecule has 19 heteroatoms. The van der Waals surface area contributed by atoms with Gasteiger partial charge in [0.1, 0.15) is 41.6 Å². The first-order chi connectivity index (χ1) is 30.7. The molecular weight excluding hydrogens is 841 g/mol. The van der Waals surface area contributed by atoms with Crippen LogP contribution in [0.3, 0.4) is 0 Å². The number of aromatic nitrogens is 2. The molecule has 1 spiro atoms. The van der Waals surface area contributed by atoms with E-state index in [4.69, 9.17) is 14.2 Å². The first kappa shape index (κ1) is 43.5. The molecule has 5 heterocycles. The predicted octanol–water partition coefficient (Wildman–Crippen LogP) is 5.34. The van der Waals surface area contributed by atoms with Crippen molar-refractivity contribution >= 4 is 29.5 Å². The molecule has 0 radical (unpaired) electrons. The van der Waals surface area contributed by atoms with Crippen LogP contribution in [0, 0.1) is 40.8 Å². The van der Waals surface area contributed by atoms with Crippen molar-refractivity contribution in [2.75, 3.05) is 44.6 Å². The van der Waals surface area contributed by atoms with Gasteiger partial charge < -0.3 is 34.6 Å². The van der Waals surface area contributed by atoms with Crippen LogP contribution in [0.1, 0.15) is 72.6 Å². The number of amides is 4. The van der Waals surface area contributed by atoms with Gasteiger partial charge in [-0.2, -0.15) is 23.5 Å². The van der Waals surface area contributed by atoms with Crippen LogP contribution in [-0.2, 0) is 32.7 Å².